The lowest BCUT2D eigenvalue weighted by Crippen LogP contribution is -2.46. The molecule has 0 fully saturated rings. The molecule has 1 heterocycles. The summed E-state index contributed by atoms with van der Waals surface area (Å²) in [5, 5.41) is 12.3. The predicted molar refractivity (Wildman–Crippen MR) is 48.8 cm³/mol. The maximum absolute atomic E-state index is 10.0. The van der Waals surface area contributed by atoms with E-state index in [2.05, 4.69) is 17.2 Å². The van der Waals surface area contributed by atoms with E-state index in [0.29, 0.717) is 12.5 Å². The molecule has 0 saturated heterocycles. The number of nitrogens with zero attached hydrogens (tertiary/aromatic N) is 2. The van der Waals surface area contributed by atoms with E-state index in [1.54, 1.807) is 0 Å². The molecule has 0 amide bonds. The van der Waals surface area contributed by atoms with Crippen LogP contribution in [0.25, 0.3) is 0 Å². The normalized spacial score (nSPS) is 21.6. The maximum atomic E-state index is 10.0. The summed E-state index contributed by atoms with van der Waals surface area (Å²) in [4.78, 5) is 14.1. The summed E-state index contributed by atoms with van der Waals surface area (Å²) in [6.07, 6.45) is 2.24. The number of hydrogen-bond donors (Lipinski definition) is 2. The number of hydrazine groups is 1. The van der Waals surface area contributed by atoms with Crippen molar-refractivity contribution in [3.05, 3.63) is 10.1 Å². The molecule has 1 unspecified atom stereocenters. The smallest absolute Gasteiger partial charge is 0.254 e. The lowest BCUT2D eigenvalue weighted by atomic mass is 10.0. The molecule has 74 valence electrons. The topological polar surface area (TPSA) is 79.6 Å². The van der Waals surface area contributed by atoms with Gasteiger partial charge in [-0.25, -0.2) is 15.1 Å². The molecule has 0 aromatic heterocycles. The highest BCUT2D eigenvalue weighted by molar-refractivity contribution is 5.79. The number of nitro groups is 1. The molecule has 0 radical (unpaired) electrons. The number of nitrogens with one attached hydrogen (secondary N) is 2. The second-order valence-corrected chi connectivity index (χ2v) is 3.09. The second kappa shape index (κ2) is 4.64. The van der Waals surface area contributed by atoms with Crippen LogP contribution in [0, 0.1) is 16.0 Å². The van der Waals surface area contributed by atoms with E-state index in [1.165, 1.54) is 0 Å². The zero-order chi connectivity index (χ0) is 9.68. The number of rotatable bonds is 3. The second-order valence-electron chi connectivity index (χ2n) is 3.09. The lowest BCUT2D eigenvalue weighted by molar-refractivity contribution is -0.525. The number of hydrogen-bond acceptors (Lipinski definition) is 4. The van der Waals surface area contributed by atoms with E-state index in [9.17, 15) is 10.1 Å². The molecule has 1 aliphatic heterocycles. The van der Waals surface area contributed by atoms with Crippen LogP contribution in [0.5, 0.6) is 0 Å². The lowest BCUT2D eigenvalue weighted by Gasteiger charge is -2.20. The molecule has 0 bridgehead atoms. The first-order valence-corrected chi connectivity index (χ1v) is 4.41. The summed E-state index contributed by atoms with van der Waals surface area (Å²) in [7, 11) is 0. The van der Waals surface area contributed by atoms with Crippen LogP contribution in [0.4, 0.5) is 0 Å². The van der Waals surface area contributed by atoms with Crippen LogP contribution in [0.2, 0.25) is 0 Å². The molecule has 6 nitrogen and oxygen atoms in total. The van der Waals surface area contributed by atoms with Gasteiger partial charge in [-0.3, -0.25) is 0 Å². The summed E-state index contributed by atoms with van der Waals surface area (Å²) in [6, 6.07) is 0. The van der Waals surface area contributed by atoms with Gasteiger partial charge in [0.2, 0.25) is 0 Å². The van der Waals surface area contributed by atoms with Crippen LogP contribution >= 0.6 is 0 Å². The van der Waals surface area contributed by atoms with Crippen LogP contribution in [0.15, 0.2) is 4.99 Å². The van der Waals surface area contributed by atoms with Gasteiger partial charge in [-0.2, -0.15) is 0 Å². The minimum absolute atomic E-state index is 0.275. The van der Waals surface area contributed by atoms with E-state index in [-0.39, 0.29) is 5.96 Å². The van der Waals surface area contributed by atoms with Gasteiger partial charge in [0.15, 0.2) is 5.03 Å². The molecule has 6 heteroatoms. The fourth-order valence-corrected chi connectivity index (χ4v) is 1.34. The Labute approximate surface area is 76.5 Å². The molecule has 1 aliphatic rings. The van der Waals surface area contributed by atoms with E-state index >= 15 is 0 Å². The molecule has 0 aliphatic carbocycles. The molecule has 1 rings (SSSR count). The first-order chi connectivity index (χ1) is 6.22. The molecular weight excluding hydrogens is 172 g/mol. The van der Waals surface area contributed by atoms with Crippen LogP contribution in [0.1, 0.15) is 19.8 Å². The maximum Gasteiger partial charge on any atom is 0.254 e. The standard InChI is InChI=1S/C7H14N4O2/c1-2-3-6-4-8-7(9-5-6)10-11(12)13/h6H,2-5H2,1H3,(H2,8,9,10). The van der Waals surface area contributed by atoms with Gasteiger partial charge in [0, 0.05) is 13.1 Å². The summed E-state index contributed by atoms with van der Waals surface area (Å²) in [5.41, 5.74) is 2.01. The first kappa shape index (κ1) is 9.76. The fraction of sp³-hybridized carbons (Fsp3) is 0.857. The number of aliphatic imine (C=N–C) groups is 1. The van der Waals surface area contributed by atoms with E-state index in [0.717, 1.165) is 19.4 Å². The van der Waals surface area contributed by atoms with E-state index < -0.39 is 5.03 Å². The monoisotopic (exact) mass is 186 g/mol. The Kier molecular flexibility index (Phi) is 3.48. The van der Waals surface area contributed by atoms with E-state index in [1.807, 2.05) is 5.43 Å². The van der Waals surface area contributed by atoms with Crippen molar-refractivity contribution in [3.63, 3.8) is 0 Å². The van der Waals surface area contributed by atoms with Gasteiger partial charge in [-0.15, -0.1) is 0 Å². The highest BCUT2D eigenvalue weighted by atomic mass is 16.7. The van der Waals surface area contributed by atoms with Crippen LogP contribution < -0.4 is 10.7 Å². The Bertz CT molecular complexity index is 217. The largest absolute Gasteiger partial charge is 0.352 e. The summed E-state index contributed by atoms with van der Waals surface area (Å²) in [5.74, 6) is 0.791. The Balaban J connectivity index is 2.34. The Morgan fingerprint density at radius 3 is 3.08 bits per heavy atom. The first-order valence-electron chi connectivity index (χ1n) is 4.41. The average Bonchev–Trinajstić information content (AvgIpc) is 2.08. The zero-order valence-electron chi connectivity index (χ0n) is 7.62. The van der Waals surface area contributed by atoms with Crippen molar-refractivity contribution in [2.45, 2.75) is 19.8 Å². The Morgan fingerprint density at radius 2 is 2.62 bits per heavy atom. The van der Waals surface area contributed by atoms with Crippen LogP contribution in [-0.2, 0) is 0 Å². The van der Waals surface area contributed by atoms with Crippen molar-refractivity contribution in [2.24, 2.45) is 10.9 Å². The molecule has 13 heavy (non-hydrogen) atoms. The molecule has 0 aromatic carbocycles. The van der Waals surface area contributed by atoms with Crippen molar-refractivity contribution in [3.8, 4) is 0 Å². The predicted octanol–water partition coefficient (Wildman–Crippen LogP) is 0.143. The summed E-state index contributed by atoms with van der Waals surface area (Å²) in [6.45, 7) is 3.57. The van der Waals surface area contributed by atoms with Gasteiger partial charge in [-0.1, -0.05) is 18.8 Å². The highest BCUT2D eigenvalue weighted by Gasteiger charge is 2.15. The summed E-state index contributed by atoms with van der Waals surface area (Å²) < 4.78 is 0. The molecule has 0 spiro atoms. The van der Waals surface area contributed by atoms with Crippen molar-refractivity contribution in [1.82, 2.24) is 10.7 Å². The highest BCUT2D eigenvalue weighted by Crippen LogP contribution is 2.07. The third-order valence-electron chi connectivity index (χ3n) is 1.96. The molecule has 0 saturated carbocycles. The minimum Gasteiger partial charge on any atom is -0.352 e. The molecule has 0 aromatic rings. The third-order valence-corrected chi connectivity index (χ3v) is 1.96. The Morgan fingerprint density at radius 1 is 1.85 bits per heavy atom. The number of guanidine groups is 1. The quantitative estimate of drug-likeness (QED) is 0.485. The van der Waals surface area contributed by atoms with Crippen LogP contribution in [-0.4, -0.2) is 24.1 Å². The third kappa shape index (κ3) is 3.27. The SMILES string of the molecule is CCCC1CN=C(N[N+](=O)[O-])NC1. The Hall–Kier alpha value is -1.33. The van der Waals surface area contributed by atoms with Crippen molar-refractivity contribution >= 4 is 5.96 Å². The van der Waals surface area contributed by atoms with Crippen molar-refractivity contribution < 1.29 is 5.03 Å². The fourth-order valence-electron chi connectivity index (χ4n) is 1.34. The zero-order valence-corrected chi connectivity index (χ0v) is 7.62. The van der Waals surface area contributed by atoms with Gasteiger partial charge < -0.3 is 5.32 Å². The average molecular weight is 186 g/mol. The van der Waals surface area contributed by atoms with Crippen molar-refractivity contribution in [2.75, 3.05) is 13.1 Å². The van der Waals surface area contributed by atoms with Crippen molar-refractivity contribution in [1.29, 1.82) is 0 Å². The summed E-state index contributed by atoms with van der Waals surface area (Å²) >= 11 is 0. The van der Waals surface area contributed by atoms with Gasteiger partial charge >= 0.3 is 0 Å². The van der Waals surface area contributed by atoms with Gasteiger partial charge in [0.05, 0.1) is 0 Å². The van der Waals surface area contributed by atoms with E-state index in [4.69, 9.17) is 0 Å². The molecule has 2 N–H and O–H groups in total. The molecular formula is C7H14N4O2. The minimum atomic E-state index is -0.605. The van der Waals surface area contributed by atoms with Gasteiger partial charge in [-0.05, 0) is 12.3 Å². The van der Waals surface area contributed by atoms with Crippen LogP contribution in [0.3, 0.4) is 0 Å². The van der Waals surface area contributed by atoms with Gasteiger partial charge in [0.25, 0.3) is 5.96 Å². The molecule has 1 atom stereocenters. The van der Waals surface area contributed by atoms with Gasteiger partial charge in [0.1, 0.15) is 0 Å².